The topological polar surface area (TPSA) is 84.9 Å². The fourth-order valence-electron chi connectivity index (χ4n) is 1.22. The van der Waals surface area contributed by atoms with Crippen molar-refractivity contribution in [3.63, 3.8) is 0 Å². The van der Waals surface area contributed by atoms with Gasteiger partial charge in [-0.25, -0.2) is 9.59 Å². The number of ether oxygens (including phenoxy) is 2. The van der Waals surface area contributed by atoms with Crippen molar-refractivity contribution in [2.45, 2.75) is 13.3 Å². The monoisotopic (exact) mass is 253 g/mol. The van der Waals surface area contributed by atoms with Crippen molar-refractivity contribution in [2.24, 2.45) is 0 Å². The molecular formula is C12H15NO5. The number of anilines is 1. The Bertz CT molecular complexity index is 444. The van der Waals surface area contributed by atoms with Gasteiger partial charge in [0, 0.05) is 0 Å². The molecule has 0 aromatic heterocycles. The van der Waals surface area contributed by atoms with Crippen LogP contribution in [0.2, 0.25) is 0 Å². The number of phenols is 1. The second-order valence-corrected chi connectivity index (χ2v) is 3.48. The largest absolute Gasteiger partial charge is 0.506 e. The summed E-state index contributed by atoms with van der Waals surface area (Å²) in [7, 11) is 1.25. The third-order valence-corrected chi connectivity index (χ3v) is 2.09. The highest BCUT2D eigenvalue weighted by molar-refractivity contribution is 5.93. The Morgan fingerprint density at radius 3 is 2.72 bits per heavy atom. The lowest BCUT2D eigenvalue weighted by Crippen LogP contribution is -2.14. The highest BCUT2D eigenvalue weighted by atomic mass is 16.5. The van der Waals surface area contributed by atoms with E-state index in [2.05, 4.69) is 10.1 Å². The molecule has 1 amide bonds. The number of rotatable bonds is 4. The molecule has 0 radical (unpaired) electrons. The van der Waals surface area contributed by atoms with Crippen LogP contribution in [0.3, 0.4) is 0 Å². The minimum atomic E-state index is -0.686. The maximum atomic E-state index is 11.3. The molecule has 18 heavy (non-hydrogen) atoms. The van der Waals surface area contributed by atoms with Gasteiger partial charge in [0.05, 0.1) is 25.0 Å². The highest BCUT2D eigenvalue weighted by Gasteiger charge is 2.12. The Morgan fingerprint density at radius 1 is 1.39 bits per heavy atom. The van der Waals surface area contributed by atoms with Crippen LogP contribution in [-0.2, 0) is 9.47 Å². The first-order valence-electron chi connectivity index (χ1n) is 5.43. The third kappa shape index (κ3) is 3.65. The second kappa shape index (κ2) is 6.48. The van der Waals surface area contributed by atoms with E-state index in [0.29, 0.717) is 6.42 Å². The molecule has 6 heteroatoms. The zero-order valence-electron chi connectivity index (χ0n) is 10.2. The minimum absolute atomic E-state index is 0.0963. The number of benzene rings is 1. The maximum absolute atomic E-state index is 11.3. The van der Waals surface area contributed by atoms with E-state index in [-0.39, 0.29) is 23.6 Å². The van der Waals surface area contributed by atoms with Gasteiger partial charge in [0.15, 0.2) is 0 Å². The van der Waals surface area contributed by atoms with Crippen LogP contribution in [0.15, 0.2) is 18.2 Å². The summed E-state index contributed by atoms with van der Waals surface area (Å²) < 4.78 is 9.34. The molecule has 0 aliphatic rings. The van der Waals surface area contributed by atoms with Crippen LogP contribution in [-0.4, -0.2) is 30.9 Å². The smallest absolute Gasteiger partial charge is 0.411 e. The van der Waals surface area contributed by atoms with Crippen LogP contribution in [0.25, 0.3) is 0 Å². The van der Waals surface area contributed by atoms with Gasteiger partial charge in [0.25, 0.3) is 0 Å². The summed E-state index contributed by atoms with van der Waals surface area (Å²) in [5.41, 5.74) is 0.320. The molecule has 0 atom stereocenters. The predicted octanol–water partition coefficient (Wildman–Crippen LogP) is 2.14. The number of phenolic OH excluding ortho intramolecular Hbond substituents is 1. The van der Waals surface area contributed by atoms with Crippen molar-refractivity contribution in [1.82, 2.24) is 0 Å². The minimum Gasteiger partial charge on any atom is -0.506 e. The first kappa shape index (κ1) is 13.8. The van der Waals surface area contributed by atoms with Crippen molar-refractivity contribution in [1.29, 1.82) is 0 Å². The standard InChI is InChI=1S/C12H15NO5/c1-3-6-18-12(16)13-9-7-8(11(15)17-2)4-5-10(9)14/h4-5,7,14H,3,6H2,1-2H3,(H,13,16). The molecule has 98 valence electrons. The fraction of sp³-hybridized carbons (Fsp3) is 0.333. The van der Waals surface area contributed by atoms with Crippen LogP contribution in [0.5, 0.6) is 5.75 Å². The van der Waals surface area contributed by atoms with Gasteiger partial charge in [-0.3, -0.25) is 5.32 Å². The van der Waals surface area contributed by atoms with Crippen LogP contribution in [0.1, 0.15) is 23.7 Å². The first-order chi connectivity index (χ1) is 8.58. The van der Waals surface area contributed by atoms with E-state index in [4.69, 9.17) is 4.74 Å². The van der Waals surface area contributed by atoms with Crippen LogP contribution in [0.4, 0.5) is 10.5 Å². The molecule has 0 spiro atoms. The van der Waals surface area contributed by atoms with Crippen molar-refractivity contribution in [2.75, 3.05) is 19.0 Å². The van der Waals surface area contributed by atoms with Crippen molar-refractivity contribution in [3.05, 3.63) is 23.8 Å². The van der Waals surface area contributed by atoms with Gasteiger partial charge in [0.1, 0.15) is 5.75 Å². The third-order valence-electron chi connectivity index (χ3n) is 2.09. The van der Waals surface area contributed by atoms with Gasteiger partial charge in [-0.2, -0.15) is 0 Å². The number of nitrogens with one attached hydrogen (secondary N) is 1. The molecule has 1 rings (SSSR count). The number of methoxy groups -OCH3 is 1. The molecule has 0 unspecified atom stereocenters. The van der Waals surface area contributed by atoms with Crippen LogP contribution < -0.4 is 5.32 Å². The molecule has 0 bridgehead atoms. The van der Waals surface area contributed by atoms with Gasteiger partial charge < -0.3 is 14.6 Å². The molecule has 0 heterocycles. The summed E-state index contributed by atoms with van der Waals surface area (Å²) >= 11 is 0. The summed E-state index contributed by atoms with van der Waals surface area (Å²) in [4.78, 5) is 22.6. The summed E-state index contributed by atoms with van der Waals surface area (Å²) in [5.74, 6) is -0.712. The Labute approximate surface area is 105 Å². The van der Waals surface area contributed by atoms with E-state index < -0.39 is 12.1 Å². The Hall–Kier alpha value is -2.24. The first-order valence-corrected chi connectivity index (χ1v) is 5.43. The quantitative estimate of drug-likeness (QED) is 0.634. The van der Waals surface area contributed by atoms with E-state index in [9.17, 15) is 14.7 Å². The number of carbonyl (C=O) groups excluding carboxylic acids is 2. The maximum Gasteiger partial charge on any atom is 0.411 e. The van der Waals surface area contributed by atoms with E-state index >= 15 is 0 Å². The SMILES string of the molecule is CCCOC(=O)Nc1cc(C(=O)OC)ccc1O. The lowest BCUT2D eigenvalue weighted by Gasteiger charge is -2.09. The number of esters is 1. The predicted molar refractivity (Wildman–Crippen MR) is 64.7 cm³/mol. The number of aromatic hydroxyl groups is 1. The lowest BCUT2D eigenvalue weighted by molar-refractivity contribution is 0.0600. The Balaban J connectivity index is 2.81. The Kier molecular flexibility index (Phi) is 4.98. The van der Waals surface area contributed by atoms with E-state index in [1.54, 1.807) is 0 Å². The van der Waals surface area contributed by atoms with E-state index in [0.717, 1.165) is 0 Å². The van der Waals surface area contributed by atoms with Crippen LogP contribution >= 0.6 is 0 Å². The zero-order chi connectivity index (χ0) is 13.5. The molecule has 6 nitrogen and oxygen atoms in total. The molecule has 1 aromatic carbocycles. The molecule has 1 aromatic rings. The van der Waals surface area contributed by atoms with Gasteiger partial charge in [-0.1, -0.05) is 6.92 Å². The number of hydrogen-bond donors (Lipinski definition) is 2. The summed E-state index contributed by atoms with van der Waals surface area (Å²) in [6, 6.07) is 4.00. The molecule has 0 saturated heterocycles. The summed E-state index contributed by atoms with van der Waals surface area (Å²) in [5, 5.41) is 11.9. The number of carbonyl (C=O) groups is 2. The van der Waals surface area contributed by atoms with Gasteiger partial charge in [-0.15, -0.1) is 0 Å². The van der Waals surface area contributed by atoms with E-state index in [1.165, 1.54) is 25.3 Å². The highest BCUT2D eigenvalue weighted by Crippen LogP contribution is 2.24. The molecule has 2 N–H and O–H groups in total. The van der Waals surface area contributed by atoms with Gasteiger partial charge in [-0.05, 0) is 24.6 Å². The molecule has 0 saturated carbocycles. The second-order valence-electron chi connectivity index (χ2n) is 3.48. The normalized spacial score (nSPS) is 9.67. The average Bonchev–Trinajstić information content (AvgIpc) is 2.38. The summed E-state index contributed by atoms with van der Waals surface area (Å²) in [6.45, 7) is 2.14. The zero-order valence-corrected chi connectivity index (χ0v) is 10.2. The van der Waals surface area contributed by atoms with Crippen molar-refractivity contribution < 1.29 is 24.2 Å². The molecule has 0 aliphatic carbocycles. The number of hydrogen-bond acceptors (Lipinski definition) is 5. The Morgan fingerprint density at radius 2 is 2.11 bits per heavy atom. The molecule has 0 fully saturated rings. The van der Waals surface area contributed by atoms with Crippen molar-refractivity contribution in [3.8, 4) is 5.75 Å². The number of amides is 1. The van der Waals surface area contributed by atoms with Gasteiger partial charge >= 0.3 is 12.1 Å². The fourth-order valence-corrected chi connectivity index (χ4v) is 1.22. The van der Waals surface area contributed by atoms with E-state index in [1.807, 2.05) is 6.92 Å². The molecule has 0 aliphatic heterocycles. The molecular weight excluding hydrogens is 238 g/mol. The van der Waals surface area contributed by atoms with Gasteiger partial charge in [0.2, 0.25) is 0 Å². The summed E-state index contributed by atoms with van der Waals surface area (Å²) in [6.07, 6.45) is 0.0101. The lowest BCUT2D eigenvalue weighted by atomic mass is 10.2. The van der Waals surface area contributed by atoms with Crippen LogP contribution in [0, 0.1) is 0 Å². The van der Waals surface area contributed by atoms with Crippen molar-refractivity contribution >= 4 is 17.7 Å². The average molecular weight is 253 g/mol.